The van der Waals surface area contributed by atoms with Crippen LogP contribution in [-0.4, -0.2) is 0 Å². The molecular weight excluding hydrogens is 877 g/mol. The lowest BCUT2D eigenvalue weighted by atomic mass is 9.05. The van der Waals surface area contributed by atoms with Gasteiger partial charge in [-0.15, -0.1) is 0 Å². The van der Waals surface area contributed by atoms with Crippen molar-refractivity contribution in [3.63, 3.8) is 0 Å². The molecule has 0 amide bonds. The number of unbranched alkanes of at least 4 members (excludes halogenated alkanes) is 12. The van der Waals surface area contributed by atoms with Gasteiger partial charge in [0.2, 0.25) is 0 Å². The number of rotatable bonds is 12. The zero-order chi connectivity index (χ0) is 57.8. The molecule has 0 nitrogen and oxygen atoms in total. The van der Waals surface area contributed by atoms with E-state index in [1.807, 2.05) is 111 Å². The lowest BCUT2D eigenvalue weighted by Crippen LogP contribution is -2.95. The first-order valence-corrected chi connectivity index (χ1v) is 35.2. The van der Waals surface area contributed by atoms with E-state index in [9.17, 15) is 0 Å². The first kappa shape index (κ1) is 77.2. The van der Waals surface area contributed by atoms with Crippen LogP contribution in [0.25, 0.3) is 0 Å². The van der Waals surface area contributed by atoms with E-state index in [1.165, 1.54) is 185 Å². The Bertz CT molecular complexity index is 1130. The van der Waals surface area contributed by atoms with Gasteiger partial charge in [-0.1, -0.05) is 311 Å². The number of hydrogen-bond donors (Lipinski definition) is 0. The van der Waals surface area contributed by atoms with Crippen molar-refractivity contribution in [2.24, 2.45) is 135 Å². The molecule has 0 heterocycles. The van der Waals surface area contributed by atoms with Crippen LogP contribution >= 0.6 is 0 Å². The standard InChI is InChI=1S/C23H24.2C9H20.4C4H10.8C2H6/c1-5-3-9-17-10-4-6-2-8-14(6)22(10)16(8)12-18-11-15-7(1)13(5)21(9,15)19(11)23(17,18)20(12)22;2*1-3-5-7-9-8-6-4-2;4*1-4(2)3;8*1-2/h5-20H,1-4H2;2*3-9H2,1-2H3;4*4H,1-3H3;8*1-2H3. The van der Waals surface area contributed by atoms with Gasteiger partial charge in [0, 0.05) is 0 Å². The van der Waals surface area contributed by atoms with E-state index in [-0.39, 0.29) is 0 Å². The molecule has 12 saturated carbocycles. The van der Waals surface area contributed by atoms with Gasteiger partial charge in [0.1, 0.15) is 0 Å². The van der Waals surface area contributed by atoms with Crippen LogP contribution in [0.4, 0.5) is 0 Å². The molecule has 0 aromatic rings. The highest BCUT2D eigenvalue weighted by molar-refractivity contribution is 5.57. The first-order chi connectivity index (χ1) is 35.2. The number of fused-ring (bicyclic) bond motifs is 8. The lowest BCUT2D eigenvalue weighted by molar-refractivity contribution is -0.523. The summed E-state index contributed by atoms with van der Waals surface area (Å²) < 4.78 is 0. The Morgan fingerprint density at radius 1 is 0.274 bits per heavy atom. The van der Waals surface area contributed by atoms with Crippen molar-refractivity contribution in [2.75, 3.05) is 0 Å². The monoisotopic (exact) mass is 1030 g/mol. The molecule has 0 bridgehead atoms. The van der Waals surface area contributed by atoms with E-state index in [1.54, 1.807) is 25.7 Å². The summed E-state index contributed by atoms with van der Waals surface area (Å²) in [5, 5.41) is 0. The summed E-state index contributed by atoms with van der Waals surface area (Å²) in [4.78, 5) is 0. The molecule has 0 N–H and O–H groups in total. The molecule has 0 aromatic carbocycles. The van der Waals surface area contributed by atoms with Crippen molar-refractivity contribution in [1.29, 1.82) is 0 Å². The maximum atomic E-state index is 2.26. The minimum absolute atomic E-state index is 0.833. The SMILES string of the molecule is C1C2CC3C4C5CC6CC7C6C56C7C5C7C8C9C1C2C39C8C74C56.CC.CC.CC.CC.CC.CC.CC.CC.CC(C)C.CC(C)C.CC(C)C.CC(C)C.CCCCCCCCC.CCCCCCCCC. The second-order valence-electron chi connectivity index (χ2n) is 25.7. The van der Waals surface area contributed by atoms with E-state index in [0.717, 1.165) is 39.9 Å². The maximum Gasteiger partial charge on any atom is -0.0156 e. The first-order valence-electron chi connectivity index (χ1n) is 35.2. The van der Waals surface area contributed by atoms with Crippen LogP contribution in [0.15, 0.2) is 0 Å². The molecule has 12 aliphatic carbocycles. The van der Waals surface area contributed by atoms with E-state index >= 15 is 0 Å². The van der Waals surface area contributed by atoms with Crippen molar-refractivity contribution in [3.05, 3.63) is 0 Å². The highest BCUT2D eigenvalue weighted by Gasteiger charge is 3.11. The molecule has 12 fully saturated rings. The average Bonchev–Trinajstić information content (AvgIpc) is 3.80. The Balaban J connectivity index is -0.000000852. The molecular formula is C73H152. The minimum atomic E-state index is 0.833. The van der Waals surface area contributed by atoms with Gasteiger partial charge in [-0.2, -0.15) is 0 Å². The predicted octanol–water partition coefficient (Wildman–Crippen LogP) is 25.9. The summed E-state index contributed by atoms with van der Waals surface area (Å²) in [6, 6.07) is 0. The van der Waals surface area contributed by atoms with Gasteiger partial charge in [0.05, 0.1) is 0 Å². The lowest BCUT2D eigenvalue weighted by Gasteiger charge is -2.98. The summed E-state index contributed by atoms with van der Waals surface area (Å²) in [7, 11) is 0. The molecule has 0 heteroatoms. The van der Waals surface area contributed by atoms with E-state index in [4.69, 9.17) is 0 Å². The van der Waals surface area contributed by atoms with Crippen molar-refractivity contribution in [1.82, 2.24) is 0 Å². The van der Waals surface area contributed by atoms with E-state index in [0.29, 0.717) is 0 Å². The van der Waals surface area contributed by atoms with E-state index in [2.05, 4.69) is 111 Å². The average molecular weight is 1030 g/mol. The molecule has 444 valence electrons. The topological polar surface area (TPSA) is 0 Å². The van der Waals surface area contributed by atoms with E-state index < -0.39 is 0 Å². The van der Waals surface area contributed by atoms with Crippen LogP contribution in [-0.2, 0) is 0 Å². The third kappa shape index (κ3) is 14.5. The Hall–Kier alpha value is 0. The molecule has 0 radical (unpaired) electrons. The number of hydrogen-bond acceptors (Lipinski definition) is 0. The van der Waals surface area contributed by atoms with Crippen LogP contribution in [0, 0.1) is 135 Å². The van der Waals surface area contributed by atoms with Gasteiger partial charge in [-0.05, 0) is 160 Å². The van der Waals surface area contributed by atoms with Crippen molar-refractivity contribution in [3.8, 4) is 0 Å². The van der Waals surface area contributed by atoms with Crippen molar-refractivity contribution in [2.45, 2.75) is 337 Å². The summed E-state index contributed by atoms with van der Waals surface area (Å²) in [6.07, 6.45) is 26.9. The Morgan fingerprint density at radius 3 is 0.712 bits per heavy atom. The van der Waals surface area contributed by atoms with Crippen LogP contribution in [0.3, 0.4) is 0 Å². The fourth-order valence-electron chi connectivity index (χ4n) is 19.0. The second kappa shape index (κ2) is 39.4. The highest BCUT2D eigenvalue weighted by atomic mass is 15.1. The van der Waals surface area contributed by atoms with Crippen LogP contribution in [0.5, 0.6) is 0 Å². The summed E-state index contributed by atoms with van der Waals surface area (Å²) in [6.45, 7) is 67.1. The van der Waals surface area contributed by atoms with Gasteiger partial charge < -0.3 is 0 Å². The zero-order valence-corrected chi connectivity index (χ0v) is 57.8. The Morgan fingerprint density at radius 2 is 0.493 bits per heavy atom. The third-order valence-electron chi connectivity index (χ3n) is 18.7. The van der Waals surface area contributed by atoms with Crippen molar-refractivity contribution >= 4 is 0 Å². The smallest absolute Gasteiger partial charge is 0.0156 e. The molecule has 0 aliphatic heterocycles. The third-order valence-corrected chi connectivity index (χ3v) is 18.7. The zero-order valence-electron chi connectivity index (χ0n) is 57.8. The predicted molar refractivity (Wildman–Crippen MR) is 342 cm³/mol. The summed E-state index contributed by atoms with van der Waals surface area (Å²) >= 11 is 0. The molecule has 16 atom stereocenters. The molecule has 73 heavy (non-hydrogen) atoms. The molecule has 12 rings (SSSR count). The van der Waals surface area contributed by atoms with Gasteiger partial charge in [-0.3, -0.25) is 0 Å². The molecule has 0 saturated heterocycles. The Labute approximate surface area is 469 Å². The Kier molecular flexibility index (Phi) is 41.7. The maximum absolute atomic E-state index is 2.26. The van der Waals surface area contributed by atoms with Gasteiger partial charge in [-0.25, -0.2) is 0 Å². The normalized spacial score (nSPS) is 38.0. The molecule has 3 spiro atoms. The largest absolute Gasteiger partial charge is 0.0683 e. The van der Waals surface area contributed by atoms with Gasteiger partial charge >= 0.3 is 0 Å². The molecule has 12 aliphatic rings. The molecule has 16 unspecified atom stereocenters. The van der Waals surface area contributed by atoms with Gasteiger partial charge in [0.25, 0.3) is 0 Å². The van der Waals surface area contributed by atoms with Crippen LogP contribution < -0.4 is 0 Å². The highest BCUT2D eigenvalue weighted by Crippen LogP contribution is 3.14. The minimum Gasteiger partial charge on any atom is -0.0683 e. The fourth-order valence-corrected chi connectivity index (χ4v) is 19.0. The van der Waals surface area contributed by atoms with Crippen LogP contribution in [0.1, 0.15) is 337 Å². The van der Waals surface area contributed by atoms with Gasteiger partial charge in [0.15, 0.2) is 0 Å². The fraction of sp³-hybridized carbons (Fsp3) is 1.00. The second-order valence-corrected chi connectivity index (χ2v) is 25.7. The molecule has 0 aromatic heterocycles. The quantitative estimate of drug-likeness (QED) is 0.171. The van der Waals surface area contributed by atoms with Crippen LogP contribution in [0.2, 0.25) is 0 Å². The van der Waals surface area contributed by atoms with Crippen molar-refractivity contribution < 1.29 is 0 Å². The summed E-state index contributed by atoms with van der Waals surface area (Å²) in [5.74, 6) is 24.3. The summed E-state index contributed by atoms with van der Waals surface area (Å²) in [5.41, 5.74) is 3.14.